The van der Waals surface area contributed by atoms with E-state index in [0.29, 0.717) is 0 Å². The fourth-order valence-corrected chi connectivity index (χ4v) is 3.34. The van der Waals surface area contributed by atoms with Crippen LogP contribution < -0.4 is 11.3 Å². The molecule has 0 radical (unpaired) electrons. The molecule has 0 bridgehead atoms. The Morgan fingerprint density at radius 2 is 2.05 bits per heavy atom. The number of halogens is 4. The predicted molar refractivity (Wildman–Crippen MR) is 79.8 cm³/mol. The molecular weight excluding hydrogens is 402 g/mol. The first-order valence-electron chi connectivity index (χ1n) is 5.35. The third kappa shape index (κ3) is 3.41. The second-order valence-electron chi connectivity index (χ2n) is 3.93. The van der Waals surface area contributed by atoms with E-state index < -0.39 is 11.6 Å². The Balaban J connectivity index is 2.31. The zero-order valence-corrected chi connectivity index (χ0v) is 13.6. The number of nitrogens with one attached hydrogen (secondary N) is 1. The molecule has 19 heavy (non-hydrogen) atoms. The van der Waals surface area contributed by atoms with Crippen molar-refractivity contribution in [1.29, 1.82) is 0 Å². The Kier molecular flexibility index (Phi) is 5.08. The summed E-state index contributed by atoms with van der Waals surface area (Å²) in [5, 5.41) is 1.89. The molecule has 0 saturated heterocycles. The maximum absolute atomic E-state index is 13.9. The van der Waals surface area contributed by atoms with Gasteiger partial charge in [0.05, 0.1) is 14.3 Å². The molecule has 1 unspecified atom stereocenters. The normalized spacial score (nSPS) is 12.7. The highest BCUT2D eigenvalue weighted by molar-refractivity contribution is 9.11. The number of hydrogen-bond donors (Lipinski definition) is 2. The molecule has 2 nitrogen and oxygen atoms in total. The van der Waals surface area contributed by atoms with Crippen LogP contribution in [0.1, 0.15) is 17.2 Å². The SMILES string of the molecule is NNC(Cc1c(F)ccc(Br)c1F)c1csc(Br)c1. The van der Waals surface area contributed by atoms with E-state index in [0.717, 1.165) is 9.35 Å². The number of hydrazine groups is 1. The summed E-state index contributed by atoms with van der Waals surface area (Å²) in [5.74, 6) is 4.32. The molecule has 0 fully saturated rings. The number of nitrogens with two attached hydrogens (primary N) is 1. The minimum absolute atomic E-state index is 0.0136. The zero-order chi connectivity index (χ0) is 14.0. The van der Waals surface area contributed by atoms with Crippen molar-refractivity contribution in [1.82, 2.24) is 5.43 Å². The second-order valence-corrected chi connectivity index (χ2v) is 7.07. The van der Waals surface area contributed by atoms with E-state index in [2.05, 4.69) is 37.3 Å². The van der Waals surface area contributed by atoms with Crippen LogP contribution in [0, 0.1) is 11.6 Å². The standard InChI is InChI=1S/C12H10Br2F2N2S/c13-8-1-2-9(15)7(12(8)16)4-10(18-17)6-3-11(14)19-5-6/h1-3,5,10,18H,4,17H2. The highest BCUT2D eigenvalue weighted by Gasteiger charge is 2.19. The molecule has 0 amide bonds. The molecule has 1 aromatic carbocycles. The third-order valence-corrected chi connectivity index (χ3v) is 4.87. The third-order valence-electron chi connectivity index (χ3n) is 2.74. The van der Waals surface area contributed by atoms with Crippen molar-refractivity contribution in [3.63, 3.8) is 0 Å². The van der Waals surface area contributed by atoms with E-state index in [4.69, 9.17) is 5.84 Å². The summed E-state index contributed by atoms with van der Waals surface area (Å²) < 4.78 is 28.8. The second kappa shape index (κ2) is 6.41. The van der Waals surface area contributed by atoms with Gasteiger partial charge in [0.15, 0.2) is 0 Å². The molecular formula is C12H10Br2F2N2S. The first kappa shape index (κ1) is 15.1. The summed E-state index contributed by atoms with van der Waals surface area (Å²) in [6.45, 7) is 0. The zero-order valence-electron chi connectivity index (χ0n) is 9.59. The summed E-state index contributed by atoms with van der Waals surface area (Å²) in [6.07, 6.45) is 0.136. The first-order chi connectivity index (χ1) is 9.02. The molecule has 0 aliphatic carbocycles. The van der Waals surface area contributed by atoms with Gasteiger partial charge in [0.1, 0.15) is 11.6 Å². The maximum atomic E-state index is 13.9. The highest BCUT2D eigenvalue weighted by Crippen LogP contribution is 2.30. The van der Waals surface area contributed by atoms with Crippen molar-refractivity contribution in [2.75, 3.05) is 0 Å². The van der Waals surface area contributed by atoms with E-state index in [-0.39, 0.29) is 22.5 Å². The van der Waals surface area contributed by atoms with Crippen molar-refractivity contribution in [3.8, 4) is 0 Å². The van der Waals surface area contributed by atoms with Gasteiger partial charge in [-0.05, 0) is 67.4 Å². The number of rotatable bonds is 4. The number of thiophene rings is 1. The van der Waals surface area contributed by atoms with Crippen LogP contribution in [-0.2, 0) is 6.42 Å². The van der Waals surface area contributed by atoms with Crippen LogP contribution in [-0.4, -0.2) is 0 Å². The Hall–Kier alpha value is -0.340. The van der Waals surface area contributed by atoms with Gasteiger partial charge in [-0.3, -0.25) is 11.3 Å². The monoisotopic (exact) mass is 410 g/mol. The molecule has 1 atom stereocenters. The average molecular weight is 412 g/mol. The van der Waals surface area contributed by atoms with Gasteiger partial charge in [-0.25, -0.2) is 8.78 Å². The molecule has 0 saturated carbocycles. The van der Waals surface area contributed by atoms with Gasteiger partial charge in [-0.1, -0.05) is 0 Å². The fraction of sp³-hybridized carbons (Fsp3) is 0.167. The predicted octanol–water partition coefficient (Wildman–Crippen LogP) is 4.30. The lowest BCUT2D eigenvalue weighted by Crippen LogP contribution is -2.29. The van der Waals surface area contributed by atoms with Crippen molar-refractivity contribution >= 4 is 43.2 Å². The van der Waals surface area contributed by atoms with Gasteiger partial charge in [-0.2, -0.15) is 0 Å². The molecule has 0 aliphatic rings. The van der Waals surface area contributed by atoms with Crippen molar-refractivity contribution in [3.05, 3.63) is 54.6 Å². The van der Waals surface area contributed by atoms with Crippen LogP contribution in [0.25, 0.3) is 0 Å². The first-order valence-corrected chi connectivity index (χ1v) is 7.82. The van der Waals surface area contributed by atoms with E-state index >= 15 is 0 Å². The smallest absolute Gasteiger partial charge is 0.143 e. The molecule has 1 aromatic heterocycles. The van der Waals surface area contributed by atoms with Crippen molar-refractivity contribution < 1.29 is 8.78 Å². The Morgan fingerprint density at radius 1 is 1.32 bits per heavy atom. The van der Waals surface area contributed by atoms with Crippen LogP contribution in [0.5, 0.6) is 0 Å². The van der Waals surface area contributed by atoms with Gasteiger partial charge in [0, 0.05) is 5.56 Å². The van der Waals surface area contributed by atoms with Crippen molar-refractivity contribution in [2.24, 2.45) is 5.84 Å². The summed E-state index contributed by atoms with van der Waals surface area (Å²) in [7, 11) is 0. The lowest BCUT2D eigenvalue weighted by atomic mass is 10.0. The summed E-state index contributed by atoms with van der Waals surface area (Å²) in [6, 6.07) is 4.11. The minimum Gasteiger partial charge on any atom is -0.271 e. The molecule has 7 heteroatoms. The molecule has 0 aliphatic heterocycles. The molecule has 2 aromatic rings. The quantitative estimate of drug-likeness (QED) is 0.447. The lowest BCUT2D eigenvalue weighted by molar-refractivity contribution is 0.498. The number of benzene rings is 1. The van der Waals surface area contributed by atoms with Gasteiger partial charge >= 0.3 is 0 Å². The van der Waals surface area contributed by atoms with Crippen LogP contribution in [0.15, 0.2) is 31.8 Å². The summed E-state index contributed by atoms with van der Waals surface area (Å²) >= 11 is 7.90. The van der Waals surface area contributed by atoms with Crippen LogP contribution in [0.2, 0.25) is 0 Å². The average Bonchev–Trinajstić information content (AvgIpc) is 2.81. The minimum atomic E-state index is -0.588. The van der Waals surface area contributed by atoms with E-state index in [1.54, 1.807) is 0 Å². The lowest BCUT2D eigenvalue weighted by Gasteiger charge is -2.16. The van der Waals surface area contributed by atoms with Gasteiger partial charge in [-0.15, -0.1) is 11.3 Å². The van der Waals surface area contributed by atoms with Gasteiger partial charge in [0.25, 0.3) is 0 Å². The van der Waals surface area contributed by atoms with Gasteiger partial charge in [0.2, 0.25) is 0 Å². The summed E-state index contributed by atoms with van der Waals surface area (Å²) in [5.41, 5.74) is 3.49. The van der Waals surface area contributed by atoms with Crippen molar-refractivity contribution in [2.45, 2.75) is 12.5 Å². The van der Waals surface area contributed by atoms with Gasteiger partial charge < -0.3 is 0 Å². The van der Waals surface area contributed by atoms with Crippen LogP contribution in [0.3, 0.4) is 0 Å². The Morgan fingerprint density at radius 3 is 2.63 bits per heavy atom. The molecule has 1 heterocycles. The van der Waals surface area contributed by atoms with E-state index in [1.165, 1.54) is 23.5 Å². The maximum Gasteiger partial charge on any atom is 0.143 e. The molecule has 0 spiro atoms. The topological polar surface area (TPSA) is 38.0 Å². The van der Waals surface area contributed by atoms with Crippen LogP contribution >= 0.6 is 43.2 Å². The largest absolute Gasteiger partial charge is 0.271 e. The fourth-order valence-electron chi connectivity index (χ4n) is 1.74. The van der Waals surface area contributed by atoms with E-state index in [9.17, 15) is 8.78 Å². The number of hydrogen-bond acceptors (Lipinski definition) is 3. The molecule has 102 valence electrons. The van der Waals surface area contributed by atoms with E-state index in [1.807, 2.05) is 11.4 Å². The molecule has 3 N–H and O–H groups in total. The summed E-state index contributed by atoms with van der Waals surface area (Å²) in [4.78, 5) is 0. The Labute approximate surface area is 130 Å². The highest BCUT2D eigenvalue weighted by atomic mass is 79.9. The van der Waals surface area contributed by atoms with Crippen LogP contribution in [0.4, 0.5) is 8.78 Å². The molecule has 2 rings (SSSR count). The Bertz CT molecular complexity index is 589.